The van der Waals surface area contributed by atoms with Crippen LogP contribution >= 0.6 is 0 Å². The average molecular weight is 286 g/mol. The predicted molar refractivity (Wildman–Crippen MR) is 88.5 cm³/mol. The third kappa shape index (κ3) is 3.85. The van der Waals surface area contributed by atoms with E-state index in [1.807, 2.05) is 19.4 Å². The van der Waals surface area contributed by atoms with E-state index in [0.29, 0.717) is 0 Å². The Bertz CT molecular complexity index is 588. The Labute approximate surface area is 127 Å². The molecule has 1 atom stereocenters. The van der Waals surface area contributed by atoms with E-state index >= 15 is 0 Å². The maximum Gasteiger partial charge on any atom is 0.127 e. The number of benzene rings is 1. The summed E-state index contributed by atoms with van der Waals surface area (Å²) in [4.78, 5) is 6.60. The van der Waals surface area contributed by atoms with E-state index in [1.165, 1.54) is 16.8 Å². The molecule has 114 valence electrons. The van der Waals surface area contributed by atoms with E-state index in [-0.39, 0.29) is 6.04 Å². The lowest BCUT2D eigenvalue weighted by Crippen LogP contribution is -2.22. The minimum absolute atomic E-state index is 0.250. The molecule has 0 radical (unpaired) electrons. The smallest absolute Gasteiger partial charge is 0.127 e. The van der Waals surface area contributed by atoms with Crippen LogP contribution in [-0.4, -0.2) is 22.6 Å². The van der Waals surface area contributed by atoms with Crippen LogP contribution in [0.15, 0.2) is 30.6 Å². The molecule has 2 aromatic rings. The molecule has 0 amide bonds. The number of hydrogen-bond donors (Lipinski definition) is 1. The largest absolute Gasteiger partial charge is 0.367 e. The van der Waals surface area contributed by atoms with E-state index in [1.54, 1.807) is 0 Å². The van der Waals surface area contributed by atoms with Crippen molar-refractivity contribution in [1.82, 2.24) is 9.55 Å². The maximum atomic E-state index is 6.06. The fraction of sp³-hybridized carbons (Fsp3) is 0.471. The first-order chi connectivity index (χ1) is 10.0. The molecule has 1 unspecified atom stereocenters. The molecule has 0 aliphatic heterocycles. The lowest BCUT2D eigenvalue weighted by atomic mass is 9.99. The first kappa shape index (κ1) is 15.6. The molecular formula is C17H26N4. The molecule has 0 saturated heterocycles. The second-order valence-electron chi connectivity index (χ2n) is 5.79. The molecule has 0 spiro atoms. The van der Waals surface area contributed by atoms with Crippen molar-refractivity contribution in [3.63, 3.8) is 0 Å². The summed E-state index contributed by atoms with van der Waals surface area (Å²) in [6.45, 7) is 5.10. The zero-order chi connectivity index (χ0) is 15.4. The molecule has 4 nitrogen and oxygen atoms in total. The van der Waals surface area contributed by atoms with Gasteiger partial charge in [0.1, 0.15) is 5.82 Å². The first-order valence-corrected chi connectivity index (χ1v) is 7.53. The van der Waals surface area contributed by atoms with E-state index < -0.39 is 0 Å². The standard InChI is InChI=1S/C17H26N4/c1-5-15(18)11-14-6-7-16(10-13(14)2)21(4)12-17-19-8-9-20(17)3/h6-10,15H,5,11-12,18H2,1-4H3. The SMILES string of the molecule is CCC(N)Cc1ccc(N(C)Cc2nccn2C)cc1C. The van der Waals surface area contributed by atoms with Gasteiger partial charge in [-0.15, -0.1) is 0 Å². The first-order valence-electron chi connectivity index (χ1n) is 7.53. The molecule has 0 aliphatic carbocycles. The summed E-state index contributed by atoms with van der Waals surface area (Å²) in [6.07, 6.45) is 5.78. The molecule has 1 aromatic heterocycles. The number of hydrogen-bond acceptors (Lipinski definition) is 3. The van der Waals surface area contributed by atoms with Gasteiger partial charge in [-0.2, -0.15) is 0 Å². The molecule has 0 aliphatic rings. The molecule has 1 heterocycles. The van der Waals surface area contributed by atoms with E-state index in [4.69, 9.17) is 5.73 Å². The second kappa shape index (κ2) is 6.76. The molecule has 2 rings (SSSR count). The van der Waals surface area contributed by atoms with Gasteiger partial charge in [0, 0.05) is 38.2 Å². The normalized spacial score (nSPS) is 12.4. The van der Waals surface area contributed by atoms with Crippen LogP contribution in [0.2, 0.25) is 0 Å². The van der Waals surface area contributed by atoms with Crippen molar-refractivity contribution in [1.29, 1.82) is 0 Å². The fourth-order valence-corrected chi connectivity index (χ4v) is 2.43. The van der Waals surface area contributed by atoms with Crippen LogP contribution in [0.5, 0.6) is 0 Å². The highest BCUT2D eigenvalue weighted by Gasteiger charge is 2.09. The van der Waals surface area contributed by atoms with Crippen molar-refractivity contribution in [2.45, 2.75) is 39.3 Å². The molecule has 0 fully saturated rings. The zero-order valence-electron chi connectivity index (χ0n) is 13.5. The highest BCUT2D eigenvalue weighted by atomic mass is 15.2. The van der Waals surface area contributed by atoms with Crippen LogP contribution in [0.25, 0.3) is 0 Å². The summed E-state index contributed by atoms with van der Waals surface area (Å²) < 4.78 is 2.05. The Balaban J connectivity index is 2.10. The maximum absolute atomic E-state index is 6.06. The highest BCUT2D eigenvalue weighted by Crippen LogP contribution is 2.20. The highest BCUT2D eigenvalue weighted by molar-refractivity contribution is 5.50. The molecule has 21 heavy (non-hydrogen) atoms. The van der Waals surface area contributed by atoms with E-state index in [2.05, 4.69) is 53.5 Å². The van der Waals surface area contributed by atoms with Gasteiger partial charge in [0.15, 0.2) is 0 Å². The van der Waals surface area contributed by atoms with Crippen LogP contribution < -0.4 is 10.6 Å². The number of rotatable bonds is 6. The Morgan fingerprint density at radius 1 is 1.38 bits per heavy atom. The minimum atomic E-state index is 0.250. The van der Waals surface area contributed by atoms with Crippen molar-refractivity contribution in [3.8, 4) is 0 Å². The molecule has 1 aromatic carbocycles. The number of nitrogens with two attached hydrogens (primary N) is 1. The van der Waals surface area contributed by atoms with Gasteiger partial charge in [0.2, 0.25) is 0 Å². The van der Waals surface area contributed by atoms with Gasteiger partial charge in [-0.3, -0.25) is 0 Å². The molecule has 0 saturated carbocycles. The Kier molecular flexibility index (Phi) is 5.02. The van der Waals surface area contributed by atoms with Crippen molar-refractivity contribution in [2.24, 2.45) is 12.8 Å². The minimum Gasteiger partial charge on any atom is -0.367 e. The monoisotopic (exact) mass is 286 g/mol. The summed E-state index contributed by atoms with van der Waals surface area (Å²) in [7, 11) is 4.12. The summed E-state index contributed by atoms with van der Waals surface area (Å²) in [6, 6.07) is 6.86. The third-order valence-electron chi connectivity index (χ3n) is 4.07. The van der Waals surface area contributed by atoms with Gasteiger partial charge < -0.3 is 15.2 Å². The Morgan fingerprint density at radius 3 is 2.71 bits per heavy atom. The number of aryl methyl sites for hydroxylation is 2. The quantitative estimate of drug-likeness (QED) is 0.888. The van der Waals surface area contributed by atoms with Crippen molar-refractivity contribution >= 4 is 5.69 Å². The van der Waals surface area contributed by atoms with Crippen molar-refractivity contribution in [3.05, 3.63) is 47.5 Å². The fourth-order valence-electron chi connectivity index (χ4n) is 2.43. The number of aromatic nitrogens is 2. The third-order valence-corrected chi connectivity index (χ3v) is 4.07. The van der Waals surface area contributed by atoms with Gasteiger partial charge in [0.05, 0.1) is 6.54 Å². The molecule has 0 bridgehead atoms. The van der Waals surface area contributed by atoms with Crippen LogP contribution in [0.1, 0.15) is 30.3 Å². The van der Waals surface area contributed by atoms with Crippen LogP contribution in [-0.2, 0) is 20.0 Å². The molecule has 2 N–H and O–H groups in total. The van der Waals surface area contributed by atoms with E-state index in [0.717, 1.165) is 25.2 Å². The average Bonchev–Trinajstić information content (AvgIpc) is 2.86. The lowest BCUT2D eigenvalue weighted by molar-refractivity contribution is 0.644. The van der Waals surface area contributed by atoms with Crippen molar-refractivity contribution in [2.75, 3.05) is 11.9 Å². The molecule has 4 heteroatoms. The zero-order valence-corrected chi connectivity index (χ0v) is 13.5. The second-order valence-corrected chi connectivity index (χ2v) is 5.79. The summed E-state index contributed by atoms with van der Waals surface area (Å²) in [5, 5.41) is 0. The van der Waals surface area contributed by atoms with Crippen molar-refractivity contribution < 1.29 is 0 Å². The van der Waals surface area contributed by atoms with Crippen LogP contribution in [0, 0.1) is 6.92 Å². The van der Waals surface area contributed by atoms with Crippen LogP contribution in [0.3, 0.4) is 0 Å². The topological polar surface area (TPSA) is 47.1 Å². The predicted octanol–water partition coefficient (Wildman–Crippen LogP) is 2.64. The molecular weight excluding hydrogens is 260 g/mol. The Hall–Kier alpha value is -1.81. The summed E-state index contributed by atoms with van der Waals surface area (Å²) in [5.74, 6) is 1.06. The Morgan fingerprint density at radius 2 is 2.14 bits per heavy atom. The number of nitrogens with zero attached hydrogens (tertiary/aromatic N) is 3. The van der Waals surface area contributed by atoms with Crippen LogP contribution in [0.4, 0.5) is 5.69 Å². The summed E-state index contributed by atoms with van der Waals surface area (Å²) in [5.41, 5.74) is 9.92. The van der Waals surface area contributed by atoms with E-state index in [9.17, 15) is 0 Å². The number of anilines is 1. The lowest BCUT2D eigenvalue weighted by Gasteiger charge is -2.21. The number of imidazole rings is 1. The van der Waals surface area contributed by atoms with Gasteiger partial charge in [0.25, 0.3) is 0 Å². The van der Waals surface area contributed by atoms with Gasteiger partial charge in [-0.25, -0.2) is 4.98 Å². The van der Waals surface area contributed by atoms with Gasteiger partial charge in [-0.05, 0) is 43.0 Å². The summed E-state index contributed by atoms with van der Waals surface area (Å²) >= 11 is 0. The van der Waals surface area contributed by atoms with Gasteiger partial charge >= 0.3 is 0 Å². The van der Waals surface area contributed by atoms with Gasteiger partial charge in [-0.1, -0.05) is 13.0 Å².